The van der Waals surface area contributed by atoms with E-state index < -0.39 is 0 Å². The Morgan fingerprint density at radius 1 is 1.40 bits per heavy atom. The highest BCUT2D eigenvalue weighted by molar-refractivity contribution is 9.10. The molecule has 0 radical (unpaired) electrons. The van der Waals surface area contributed by atoms with E-state index in [1.807, 2.05) is 13.8 Å². The molecule has 0 spiro atoms. The molecule has 0 bridgehead atoms. The first-order valence-electron chi connectivity index (χ1n) is 6.19. The first-order valence-corrected chi connectivity index (χ1v) is 7.80. The monoisotopic (exact) mass is 354 g/mol. The molecule has 7 heteroatoms. The number of pyridine rings is 1. The van der Waals surface area contributed by atoms with Crippen LogP contribution >= 0.6 is 27.3 Å². The average Bonchev–Trinajstić information content (AvgIpc) is 2.84. The molecule has 0 saturated carbocycles. The summed E-state index contributed by atoms with van der Waals surface area (Å²) in [6.45, 7) is 5.09. The number of anilines is 1. The summed E-state index contributed by atoms with van der Waals surface area (Å²) in [4.78, 5) is 21.8. The van der Waals surface area contributed by atoms with E-state index in [4.69, 9.17) is 0 Å². The van der Waals surface area contributed by atoms with Crippen molar-refractivity contribution in [1.29, 1.82) is 0 Å². The molecule has 0 aliphatic rings. The Kier molecular flexibility index (Phi) is 5.08. The molecular formula is C13H15BrN4OS. The van der Waals surface area contributed by atoms with Gasteiger partial charge in [0, 0.05) is 28.3 Å². The largest absolute Gasteiger partial charge is 0.370 e. The van der Waals surface area contributed by atoms with E-state index in [-0.39, 0.29) is 5.91 Å². The number of thiazole rings is 1. The molecule has 5 nitrogen and oxygen atoms in total. The normalized spacial score (nSPS) is 10.3. The lowest BCUT2D eigenvalue weighted by Gasteiger charge is -2.10. The van der Waals surface area contributed by atoms with Crippen LogP contribution in [-0.4, -0.2) is 22.4 Å². The van der Waals surface area contributed by atoms with E-state index in [1.165, 1.54) is 0 Å². The maximum absolute atomic E-state index is 12.2. The SMILES string of the molecule is CCNc1ncc(Br)cc1C(=O)NCc1ncc(C)s1. The van der Waals surface area contributed by atoms with E-state index in [0.717, 1.165) is 14.4 Å². The lowest BCUT2D eigenvalue weighted by Crippen LogP contribution is -2.24. The Labute approximate surface area is 130 Å². The molecule has 0 aliphatic heterocycles. The zero-order valence-electron chi connectivity index (χ0n) is 11.2. The predicted octanol–water partition coefficient (Wildman–Crippen LogP) is 2.97. The van der Waals surface area contributed by atoms with Gasteiger partial charge in [-0.05, 0) is 35.8 Å². The van der Waals surface area contributed by atoms with Gasteiger partial charge < -0.3 is 10.6 Å². The second-order valence-corrected chi connectivity index (χ2v) is 6.36. The number of nitrogens with zero attached hydrogens (tertiary/aromatic N) is 2. The van der Waals surface area contributed by atoms with Crippen LogP contribution in [0.3, 0.4) is 0 Å². The van der Waals surface area contributed by atoms with Crippen molar-refractivity contribution in [1.82, 2.24) is 15.3 Å². The minimum absolute atomic E-state index is 0.164. The van der Waals surface area contributed by atoms with Gasteiger partial charge in [-0.15, -0.1) is 11.3 Å². The van der Waals surface area contributed by atoms with E-state index in [9.17, 15) is 4.79 Å². The second kappa shape index (κ2) is 6.81. The zero-order chi connectivity index (χ0) is 14.5. The van der Waals surface area contributed by atoms with Crippen LogP contribution in [0.2, 0.25) is 0 Å². The van der Waals surface area contributed by atoms with Crippen LogP contribution in [0.25, 0.3) is 0 Å². The lowest BCUT2D eigenvalue weighted by atomic mass is 10.2. The molecule has 0 atom stereocenters. The minimum atomic E-state index is -0.164. The zero-order valence-corrected chi connectivity index (χ0v) is 13.6. The van der Waals surface area contributed by atoms with E-state index in [1.54, 1.807) is 29.8 Å². The molecule has 0 fully saturated rings. The topological polar surface area (TPSA) is 66.9 Å². The van der Waals surface area contributed by atoms with Crippen molar-refractivity contribution in [2.45, 2.75) is 20.4 Å². The Balaban J connectivity index is 2.09. The van der Waals surface area contributed by atoms with Gasteiger partial charge in [0.2, 0.25) is 0 Å². The van der Waals surface area contributed by atoms with Crippen molar-refractivity contribution < 1.29 is 4.79 Å². The number of rotatable bonds is 5. The lowest BCUT2D eigenvalue weighted by molar-refractivity contribution is 0.0951. The van der Waals surface area contributed by atoms with E-state index in [0.29, 0.717) is 24.5 Å². The molecular weight excluding hydrogens is 340 g/mol. The number of hydrogen-bond donors (Lipinski definition) is 2. The molecule has 2 heterocycles. The van der Waals surface area contributed by atoms with Gasteiger partial charge in [0.1, 0.15) is 10.8 Å². The summed E-state index contributed by atoms with van der Waals surface area (Å²) >= 11 is 4.91. The highest BCUT2D eigenvalue weighted by atomic mass is 79.9. The molecule has 0 unspecified atom stereocenters. The fourth-order valence-electron chi connectivity index (χ4n) is 1.65. The molecule has 106 valence electrons. The molecule has 2 N–H and O–H groups in total. The minimum Gasteiger partial charge on any atom is -0.370 e. The Morgan fingerprint density at radius 3 is 2.85 bits per heavy atom. The first-order chi connectivity index (χ1) is 9.60. The van der Waals surface area contributed by atoms with Crippen LogP contribution in [0.15, 0.2) is 22.9 Å². The number of aryl methyl sites for hydroxylation is 1. The predicted molar refractivity (Wildman–Crippen MR) is 84.1 cm³/mol. The maximum Gasteiger partial charge on any atom is 0.255 e. The smallest absolute Gasteiger partial charge is 0.255 e. The average molecular weight is 355 g/mol. The summed E-state index contributed by atoms with van der Waals surface area (Å²) in [5.74, 6) is 0.422. The van der Waals surface area contributed by atoms with Gasteiger partial charge in [0.15, 0.2) is 0 Å². The van der Waals surface area contributed by atoms with Crippen molar-refractivity contribution in [2.75, 3.05) is 11.9 Å². The third kappa shape index (κ3) is 3.77. The molecule has 1 amide bonds. The number of carbonyl (C=O) groups excluding carboxylic acids is 1. The fourth-order valence-corrected chi connectivity index (χ4v) is 2.71. The van der Waals surface area contributed by atoms with Gasteiger partial charge >= 0.3 is 0 Å². The molecule has 0 saturated heterocycles. The number of aromatic nitrogens is 2. The van der Waals surface area contributed by atoms with Crippen molar-refractivity contribution in [3.05, 3.63) is 38.4 Å². The van der Waals surface area contributed by atoms with Crippen molar-refractivity contribution >= 4 is 39.0 Å². The van der Waals surface area contributed by atoms with E-state index >= 15 is 0 Å². The Bertz CT molecular complexity index is 614. The molecule has 0 aromatic carbocycles. The number of carbonyl (C=O) groups is 1. The standard InChI is InChI=1S/C13H15BrN4OS/c1-3-15-12-10(4-9(14)6-17-12)13(19)18-7-11-16-5-8(2)20-11/h4-6H,3,7H2,1-2H3,(H,15,17)(H,18,19). The van der Waals surface area contributed by atoms with Gasteiger partial charge in [-0.2, -0.15) is 0 Å². The number of amides is 1. The summed E-state index contributed by atoms with van der Waals surface area (Å²) in [7, 11) is 0. The van der Waals surface area contributed by atoms with Crippen LogP contribution in [0.4, 0.5) is 5.82 Å². The highest BCUT2D eigenvalue weighted by Gasteiger charge is 2.13. The Morgan fingerprint density at radius 2 is 2.20 bits per heavy atom. The molecule has 2 rings (SSSR count). The number of halogens is 1. The van der Waals surface area contributed by atoms with Gasteiger partial charge in [0.25, 0.3) is 5.91 Å². The molecule has 20 heavy (non-hydrogen) atoms. The summed E-state index contributed by atoms with van der Waals surface area (Å²) in [5.41, 5.74) is 0.523. The quantitative estimate of drug-likeness (QED) is 0.865. The van der Waals surface area contributed by atoms with Crippen LogP contribution in [0, 0.1) is 6.92 Å². The van der Waals surface area contributed by atoms with Gasteiger partial charge in [-0.25, -0.2) is 9.97 Å². The Hall–Kier alpha value is -1.47. The highest BCUT2D eigenvalue weighted by Crippen LogP contribution is 2.18. The van der Waals surface area contributed by atoms with Crippen LogP contribution in [0.5, 0.6) is 0 Å². The van der Waals surface area contributed by atoms with Crippen LogP contribution in [-0.2, 0) is 6.54 Å². The summed E-state index contributed by atoms with van der Waals surface area (Å²) in [6, 6.07) is 1.76. The van der Waals surface area contributed by atoms with Crippen molar-refractivity contribution in [3.63, 3.8) is 0 Å². The van der Waals surface area contributed by atoms with Gasteiger partial charge in [0.05, 0.1) is 12.1 Å². The summed E-state index contributed by atoms with van der Waals surface area (Å²) in [5, 5.41) is 6.84. The van der Waals surface area contributed by atoms with Gasteiger partial charge in [-0.1, -0.05) is 0 Å². The molecule has 2 aromatic heterocycles. The number of hydrogen-bond acceptors (Lipinski definition) is 5. The van der Waals surface area contributed by atoms with Crippen LogP contribution < -0.4 is 10.6 Å². The van der Waals surface area contributed by atoms with Crippen LogP contribution in [0.1, 0.15) is 27.2 Å². The summed E-state index contributed by atoms with van der Waals surface area (Å²) < 4.78 is 0.773. The fraction of sp³-hybridized carbons (Fsp3) is 0.308. The third-order valence-corrected chi connectivity index (χ3v) is 3.86. The van der Waals surface area contributed by atoms with Gasteiger partial charge in [-0.3, -0.25) is 4.79 Å². The molecule has 2 aromatic rings. The second-order valence-electron chi connectivity index (χ2n) is 4.13. The number of nitrogens with one attached hydrogen (secondary N) is 2. The van der Waals surface area contributed by atoms with Crippen molar-refractivity contribution in [2.24, 2.45) is 0 Å². The molecule has 0 aliphatic carbocycles. The maximum atomic E-state index is 12.2. The van der Waals surface area contributed by atoms with Crippen molar-refractivity contribution in [3.8, 4) is 0 Å². The van der Waals surface area contributed by atoms with E-state index in [2.05, 4.69) is 36.5 Å². The third-order valence-electron chi connectivity index (χ3n) is 2.51. The first kappa shape index (κ1) is 14.9. The summed E-state index contributed by atoms with van der Waals surface area (Å²) in [6.07, 6.45) is 3.47.